The second kappa shape index (κ2) is 9.04. The van der Waals surface area contributed by atoms with Crippen molar-refractivity contribution in [2.24, 2.45) is 0 Å². The Hall–Kier alpha value is -4.75. The average molecular weight is 512 g/mol. The normalized spacial score (nSPS) is 15.5. The summed E-state index contributed by atoms with van der Waals surface area (Å²) in [6, 6.07) is 24.8. The van der Waals surface area contributed by atoms with Gasteiger partial charge < -0.3 is 18.7 Å². The summed E-state index contributed by atoms with van der Waals surface area (Å²) >= 11 is 6.06. The summed E-state index contributed by atoms with van der Waals surface area (Å²) in [4.78, 5) is 28.2. The third-order valence-corrected chi connectivity index (χ3v) is 6.30. The van der Waals surface area contributed by atoms with Crippen LogP contribution in [0.3, 0.4) is 0 Å². The maximum absolute atomic E-state index is 13.6. The molecular weight excluding hydrogens is 494 g/mol. The summed E-state index contributed by atoms with van der Waals surface area (Å²) in [5, 5.41) is 12.0. The molecule has 6 rings (SSSR count). The summed E-state index contributed by atoms with van der Waals surface area (Å²) in [6.45, 7) is 0. The molecule has 0 aliphatic carbocycles. The van der Waals surface area contributed by atoms with Gasteiger partial charge >= 0.3 is 0 Å². The Morgan fingerprint density at radius 1 is 0.919 bits per heavy atom. The predicted octanol–water partition coefficient (Wildman–Crippen LogP) is 7.25. The molecule has 5 aromatic rings. The first kappa shape index (κ1) is 22.7. The number of hydrogen-bond donors (Lipinski definition) is 1. The van der Waals surface area contributed by atoms with Gasteiger partial charge in [0.15, 0.2) is 11.5 Å². The number of nitrogens with zero attached hydrogens (tertiary/aromatic N) is 1. The number of carbonyl (C=O) groups excluding carboxylic acids is 2. The number of benzene rings is 3. The number of carbonyl (C=O) groups is 2. The number of furan rings is 2. The van der Waals surface area contributed by atoms with Crippen LogP contribution in [0.2, 0.25) is 5.02 Å². The van der Waals surface area contributed by atoms with Crippen molar-refractivity contribution in [1.29, 1.82) is 0 Å². The van der Waals surface area contributed by atoms with E-state index in [-0.39, 0.29) is 11.3 Å². The minimum absolute atomic E-state index is 0.0309. The maximum Gasteiger partial charge on any atom is 0.294 e. The number of halogens is 1. The minimum atomic E-state index is -1.01. The van der Waals surface area contributed by atoms with E-state index in [2.05, 4.69) is 0 Å². The molecule has 0 saturated carbocycles. The highest BCUT2D eigenvalue weighted by Crippen LogP contribution is 2.43. The molecule has 0 radical (unpaired) electrons. The highest BCUT2D eigenvalue weighted by molar-refractivity contribution is 6.31. The molecular formula is C29H18ClNO6. The monoisotopic (exact) mass is 511 g/mol. The van der Waals surface area contributed by atoms with Crippen molar-refractivity contribution < 1.29 is 28.3 Å². The van der Waals surface area contributed by atoms with Crippen LogP contribution < -0.4 is 9.64 Å². The molecule has 1 atom stereocenters. The van der Waals surface area contributed by atoms with Crippen LogP contribution in [-0.4, -0.2) is 16.8 Å². The zero-order chi connectivity index (χ0) is 25.5. The largest absolute Gasteiger partial charge is 0.503 e. The Bertz CT molecular complexity index is 1650. The third kappa shape index (κ3) is 4.05. The van der Waals surface area contributed by atoms with Crippen LogP contribution in [0, 0.1) is 0 Å². The third-order valence-electron chi connectivity index (χ3n) is 6.06. The van der Waals surface area contributed by atoms with E-state index in [1.807, 2.05) is 30.3 Å². The molecule has 0 saturated heterocycles. The topological polar surface area (TPSA) is 93.1 Å². The van der Waals surface area contributed by atoms with E-state index >= 15 is 0 Å². The van der Waals surface area contributed by atoms with Crippen LogP contribution >= 0.6 is 11.6 Å². The summed E-state index contributed by atoms with van der Waals surface area (Å²) in [7, 11) is 0. The Kier molecular flexibility index (Phi) is 5.54. The zero-order valence-electron chi connectivity index (χ0n) is 19.1. The van der Waals surface area contributed by atoms with Gasteiger partial charge in [0.25, 0.3) is 5.91 Å². The van der Waals surface area contributed by atoms with Crippen molar-refractivity contribution in [3.05, 3.63) is 125 Å². The van der Waals surface area contributed by atoms with Crippen molar-refractivity contribution in [3.63, 3.8) is 0 Å². The lowest BCUT2D eigenvalue weighted by atomic mass is 9.99. The van der Waals surface area contributed by atoms with Crippen LogP contribution in [-0.2, 0) is 4.79 Å². The van der Waals surface area contributed by atoms with Crippen LogP contribution in [0.25, 0.3) is 11.0 Å². The van der Waals surface area contributed by atoms with E-state index in [1.165, 1.54) is 17.2 Å². The Labute approximate surface area is 215 Å². The SMILES string of the molecule is O=C(C1=C(O)C(=O)N(c2ccc(Oc3ccccc3)cc2)C1c1ccco1)c1cc2cc(Cl)ccc2o1. The average Bonchev–Trinajstić information content (AvgIpc) is 3.64. The van der Waals surface area contributed by atoms with Crippen molar-refractivity contribution in [3.8, 4) is 11.5 Å². The smallest absolute Gasteiger partial charge is 0.294 e. The fraction of sp³-hybridized carbons (Fsp3) is 0.0345. The lowest BCUT2D eigenvalue weighted by molar-refractivity contribution is -0.117. The van der Waals surface area contributed by atoms with Crippen LogP contribution in [0.5, 0.6) is 11.5 Å². The second-order valence-corrected chi connectivity index (χ2v) is 8.82. The molecule has 3 heterocycles. The molecule has 1 amide bonds. The van der Waals surface area contributed by atoms with E-state index in [1.54, 1.807) is 54.6 Å². The highest BCUT2D eigenvalue weighted by atomic mass is 35.5. The van der Waals surface area contributed by atoms with Crippen LogP contribution in [0.15, 0.2) is 117 Å². The summed E-state index contributed by atoms with van der Waals surface area (Å²) in [5.41, 5.74) is 0.754. The molecule has 1 N–H and O–H groups in total. The first-order chi connectivity index (χ1) is 18.0. The number of amides is 1. The molecule has 3 aromatic carbocycles. The van der Waals surface area contributed by atoms with Crippen molar-refractivity contribution in [1.82, 2.24) is 0 Å². The molecule has 0 fully saturated rings. The molecule has 1 aliphatic heterocycles. The summed E-state index contributed by atoms with van der Waals surface area (Å²) < 4.78 is 17.2. The van der Waals surface area contributed by atoms with E-state index < -0.39 is 23.5 Å². The predicted molar refractivity (Wildman–Crippen MR) is 137 cm³/mol. The lowest BCUT2D eigenvalue weighted by Gasteiger charge is -2.25. The lowest BCUT2D eigenvalue weighted by Crippen LogP contribution is -2.30. The zero-order valence-corrected chi connectivity index (χ0v) is 19.9. The fourth-order valence-corrected chi connectivity index (χ4v) is 4.56. The fourth-order valence-electron chi connectivity index (χ4n) is 4.38. The molecule has 182 valence electrons. The first-order valence-corrected chi connectivity index (χ1v) is 11.7. The van der Waals surface area contributed by atoms with Gasteiger partial charge in [-0.2, -0.15) is 0 Å². The van der Waals surface area contributed by atoms with Crippen molar-refractivity contribution in [2.45, 2.75) is 6.04 Å². The maximum atomic E-state index is 13.6. The number of ketones is 1. The van der Waals surface area contributed by atoms with Gasteiger partial charge in [0, 0.05) is 16.1 Å². The number of fused-ring (bicyclic) bond motifs is 1. The first-order valence-electron chi connectivity index (χ1n) is 11.4. The molecule has 1 aliphatic rings. The standard InChI is InChI=1S/C29H18ClNO6/c30-18-8-13-22-17(15-18)16-24(37-22)27(32)25-26(23-7-4-14-35-23)31(29(34)28(25)33)19-9-11-21(12-10-19)36-20-5-2-1-3-6-20/h1-16,26,33H. The van der Waals surface area contributed by atoms with E-state index in [9.17, 15) is 14.7 Å². The number of ether oxygens (including phenoxy) is 1. The van der Waals surface area contributed by atoms with Gasteiger partial charge in [0.2, 0.25) is 5.78 Å². The highest BCUT2D eigenvalue weighted by Gasteiger charge is 2.46. The number of rotatable bonds is 6. The minimum Gasteiger partial charge on any atom is -0.503 e. The van der Waals surface area contributed by atoms with Crippen LogP contribution in [0.4, 0.5) is 5.69 Å². The molecule has 0 spiro atoms. The van der Waals surface area contributed by atoms with Gasteiger partial charge in [-0.05, 0) is 72.8 Å². The number of aliphatic hydroxyl groups is 1. The van der Waals surface area contributed by atoms with E-state index in [4.69, 9.17) is 25.2 Å². The van der Waals surface area contributed by atoms with E-state index in [0.717, 1.165) is 0 Å². The van der Waals surface area contributed by atoms with Gasteiger partial charge in [0.1, 0.15) is 28.9 Å². The van der Waals surface area contributed by atoms with Crippen molar-refractivity contribution >= 4 is 39.9 Å². The van der Waals surface area contributed by atoms with E-state index in [0.29, 0.717) is 38.9 Å². The number of hydrogen-bond acceptors (Lipinski definition) is 6. The van der Waals surface area contributed by atoms with Gasteiger partial charge in [0.05, 0.1) is 11.8 Å². The number of para-hydroxylation sites is 1. The molecule has 37 heavy (non-hydrogen) atoms. The van der Waals surface area contributed by atoms with Gasteiger partial charge in [-0.3, -0.25) is 14.5 Å². The summed E-state index contributed by atoms with van der Waals surface area (Å²) in [5.74, 6) is -0.534. The molecule has 7 nitrogen and oxygen atoms in total. The summed E-state index contributed by atoms with van der Waals surface area (Å²) in [6.07, 6.45) is 1.44. The quantitative estimate of drug-likeness (QED) is 0.241. The molecule has 0 bridgehead atoms. The van der Waals surface area contributed by atoms with Gasteiger partial charge in [-0.15, -0.1) is 0 Å². The van der Waals surface area contributed by atoms with Crippen LogP contribution in [0.1, 0.15) is 22.4 Å². The van der Waals surface area contributed by atoms with Crippen molar-refractivity contribution in [2.75, 3.05) is 4.90 Å². The molecule has 2 aromatic heterocycles. The molecule has 1 unspecified atom stereocenters. The Morgan fingerprint density at radius 3 is 2.41 bits per heavy atom. The number of anilines is 1. The number of aliphatic hydroxyl groups excluding tert-OH is 1. The van der Waals surface area contributed by atoms with Gasteiger partial charge in [-0.25, -0.2) is 0 Å². The Morgan fingerprint density at radius 2 is 1.68 bits per heavy atom. The van der Waals surface area contributed by atoms with Gasteiger partial charge in [-0.1, -0.05) is 29.8 Å². The second-order valence-electron chi connectivity index (χ2n) is 8.39. The Balaban J connectivity index is 1.37. The number of Topliss-reactive ketones (excluding diaryl/α,β-unsaturated/α-hetero) is 1. The molecule has 8 heteroatoms.